The molecule has 0 unspecified atom stereocenters. The number of carbonyl (C=O) groups excluding carboxylic acids is 1. The summed E-state index contributed by atoms with van der Waals surface area (Å²) in [5.41, 5.74) is 2.10. The lowest BCUT2D eigenvalue weighted by Crippen LogP contribution is -2.49. The second-order valence-corrected chi connectivity index (χ2v) is 7.24. The van der Waals surface area contributed by atoms with Gasteiger partial charge < -0.3 is 9.64 Å². The van der Waals surface area contributed by atoms with Gasteiger partial charge in [0.2, 0.25) is 0 Å². The number of ether oxygens (including phenoxy) is 1. The van der Waals surface area contributed by atoms with Crippen LogP contribution in [0.3, 0.4) is 0 Å². The predicted molar refractivity (Wildman–Crippen MR) is 108 cm³/mol. The number of aryl methyl sites for hydroxylation is 1. The average molecular weight is 410 g/mol. The van der Waals surface area contributed by atoms with E-state index >= 15 is 0 Å². The molecule has 30 heavy (non-hydrogen) atoms. The van der Waals surface area contributed by atoms with Crippen LogP contribution < -0.4 is 4.74 Å². The number of piperazine rings is 1. The third kappa shape index (κ3) is 4.80. The number of tetrazole rings is 1. The van der Waals surface area contributed by atoms with E-state index in [2.05, 4.69) is 20.4 Å². The van der Waals surface area contributed by atoms with Gasteiger partial charge >= 0.3 is 0 Å². The van der Waals surface area contributed by atoms with Crippen molar-refractivity contribution in [1.29, 1.82) is 0 Å². The Balaban J connectivity index is 1.28. The van der Waals surface area contributed by atoms with Crippen LogP contribution in [0.15, 0.2) is 48.5 Å². The van der Waals surface area contributed by atoms with Crippen LogP contribution in [0.1, 0.15) is 11.4 Å². The molecule has 9 heteroatoms. The molecule has 2 heterocycles. The van der Waals surface area contributed by atoms with Crippen LogP contribution in [0.25, 0.3) is 5.69 Å². The highest BCUT2D eigenvalue weighted by atomic mass is 19.1. The minimum absolute atomic E-state index is 0.0582. The van der Waals surface area contributed by atoms with Gasteiger partial charge in [-0.1, -0.05) is 17.7 Å². The van der Waals surface area contributed by atoms with Crippen molar-refractivity contribution >= 4 is 5.91 Å². The Morgan fingerprint density at radius 3 is 2.43 bits per heavy atom. The van der Waals surface area contributed by atoms with E-state index in [1.165, 1.54) is 29.8 Å². The van der Waals surface area contributed by atoms with Crippen molar-refractivity contribution in [2.75, 3.05) is 32.8 Å². The standard InChI is InChI=1S/C21H23FN6O2/c1-16-2-6-18(7-3-16)28-20(23-24-25-28)14-26-10-12-27(13-11-26)21(29)15-30-19-8-4-17(22)5-9-19/h2-9H,10-15H2,1H3. The van der Waals surface area contributed by atoms with Gasteiger partial charge in [0, 0.05) is 26.2 Å². The zero-order valence-electron chi connectivity index (χ0n) is 16.7. The number of halogens is 1. The molecule has 3 aromatic rings. The quantitative estimate of drug-likeness (QED) is 0.617. The fourth-order valence-electron chi connectivity index (χ4n) is 3.31. The lowest BCUT2D eigenvalue weighted by atomic mass is 10.2. The molecule has 1 aliphatic rings. The van der Waals surface area contributed by atoms with Crippen molar-refractivity contribution in [1.82, 2.24) is 30.0 Å². The SMILES string of the molecule is Cc1ccc(-n2nnnc2CN2CCN(C(=O)COc3ccc(F)cc3)CC2)cc1. The van der Waals surface area contributed by atoms with E-state index in [4.69, 9.17) is 4.74 Å². The summed E-state index contributed by atoms with van der Waals surface area (Å²) in [6.07, 6.45) is 0. The molecule has 1 amide bonds. The van der Waals surface area contributed by atoms with Crippen molar-refractivity contribution in [2.45, 2.75) is 13.5 Å². The molecule has 0 bridgehead atoms. The first-order valence-corrected chi connectivity index (χ1v) is 9.81. The number of nitrogens with zero attached hydrogens (tertiary/aromatic N) is 6. The molecular weight excluding hydrogens is 387 g/mol. The van der Waals surface area contributed by atoms with Crippen LogP contribution in [-0.2, 0) is 11.3 Å². The maximum absolute atomic E-state index is 12.9. The largest absolute Gasteiger partial charge is 0.484 e. The van der Waals surface area contributed by atoms with Crippen LogP contribution in [0.5, 0.6) is 5.75 Å². The van der Waals surface area contributed by atoms with Crippen molar-refractivity contribution < 1.29 is 13.9 Å². The van der Waals surface area contributed by atoms with Crippen molar-refractivity contribution in [3.05, 3.63) is 65.7 Å². The number of benzene rings is 2. The summed E-state index contributed by atoms with van der Waals surface area (Å²) in [4.78, 5) is 16.4. The molecule has 1 aliphatic heterocycles. The smallest absolute Gasteiger partial charge is 0.260 e. The molecule has 156 valence electrons. The van der Waals surface area contributed by atoms with Crippen LogP contribution in [0.2, 0.25) is 0 Å². The topological polar surface area (TPSA) is 76.4 Å². The zero-order valence-corrected chi connectivity index (χ0v) is 16.7. The van der Waals surface area contributed by atoms with Gasteiger partial charge in [-0.2, -0.15) is 4.68 Å². The Labute approximate surface area is 173 Å². The normalized spacial score (nSPS) is 14.7. The van der Waals surface area contributed by atoms with E-state index in [1.54, 1.807) is 9.58 Å². The van der Waals surface area contributed by atoms with Gasteiger partial charge in [0.05, 0.1) is 12.2 Å². The third-order valence-corrected chi connectivity index (χ3v) is 5.08. The Bertz CT molecular complexity index is 981. The molecule has 0 spiro atoms. The first-order chi connectivity index (χ1) is 14.6. The van der Waals surface area contributed by atoms with E-state index in [1.807, 2.05) is 31.2 Å². The highest BCUT2D eigenvalue weighted by Crippen LogP contribution is 2.14. The second kappa shape index (κ2) is 9.00. The molecule has 0 atom stereocenters. The van der Waals surface area contributed by atoms with Crippen molar-refractivity contribution in [3.63, 3.8) is 0 Å². The summed E-state index contributed by atoms with van der Waals surface area (Å²) in [5, 5.41) is 12.1. The number of aromatic nitrogens is 4. The fraction of sp³-hybridized carbons (Fsp3) is 0.333. The summed E-state index contributed by atoms with van der Waals surface area (Å²) in [5.74, 6) is 0.825. The summed E-state index contributed by atoms with van der Waals surface area (Å²) in [6.45, 7) is 5.25. The van der Waals surface area contributed by atoms with Crippen molar-refractivity contribution in [3.8, 4) is 11.4 Å². The fourth-order valence-corrected chi connectivity index (χ4v) is 3.31. The highest BCUT2D eigenvalue weighted by molar-refractivity contribution is 5.77. The first-order valence-electron chi connectivity index (χ1n) is 9.81. The number of hydrogen-bond acceptors (Lipinski definition) is 6. The third-order valence-electron chi connectivity index (χ3n) is 5.08. The highest BCUT2D eigenvalue weighted by Gasteiger charge is 2.23. The summed E-state index contributed by atoms with van der Waals surface area (Å²) < 4.78 is 20.1. The summed E-state index contributed by atoms with van der Waals surface area (Å²) in [6, 6.07) is 13.7. The van der Waals surface area contributed by atoms with Gasteiger partial charge in [-0.25, -0.2) is 4.39 Å². The summed E-state index contributed by atoms with van der Waals surface area (Å²) >= 11 is 0. The maximum Gasteiger partial charge on any atom is 0.260 e. The molecule has 1 fully saturated rings. The van der Waals surface area contributed by atoms with Crippen LogP contribution >= 0.6 is 0 Å². The van der Waals surface area contributed by atoms with Gasteiger partial charge in [0.1, 0.15) is 11.6 Å². The van der Waals surface area contributed by atoms with Crippen LogP contribution in [0, 0.1) is 12.7 Å². The Morgan fingerprint density at radius 2 is 1.73 bits per heavy atom. The number of amides is 1. The van der Waals surface area contributed by atoms with Crippen LogP contribution in [0.4, 0.5) is 4.39 Å². The van der Waals surface area contributed by atoms with Gasteiger partial charge in [-0.3, -0.25) is 9.69 Å². The second-order valence-electron chi connectivity index (χ2n) is 7.24. The molecule has 4 rings (SSSR count). The number of carbonyl (C=O) groups is 1. The molecule has 1 aromatic heterocycles. The van der Waals surface area contributed by atoms with E-state index in [9.17, 15) is 9.18 Å². The van der Waals surface area contributed by atoms with Crippen LogP contribution in [-0.4, -0.2) is 68.7 Å². The maximum atomic E-state index is 12.9. The summed E-state index contributed by atoms with van der Waals surface area (Å²) in [7, 11) is 0. The molecule has 1 saturated heterocycles. The number of rotatable bonds is 6. The van der Waals surface area contributed by atoms with Gasteiger partial charge in [0.25, 0.3) is 5.91 Å². The van der Waals surface area contributed by atoms with E-state index in [0.717, 1.165) is 24.6 Å². The van der Waals surface area contributed by atoms with E-state index in [-0.39, 0.29) is 18.3 Å². The molecule has 2 aromatic carbocycles. The van der Waals surface area contributed by atoms with Gasteiger partial charge in [-0.05, 0) is 53.7 Å². The Morgan fingerprint density at radius 1 is 1.03 bits per heavy atom. The van der Waals surface area contributed by atoms with E-state index in [0.29, 0.717) is 25.4 Å². The van der Waals surface area contributed by atoms with Gasteiger partial charge in [0.15, 0.2) is 12.4 Å². The lowest BCUT2D eigenvalue weighted by molar-refractivity contribution is -0.135. The molecule has 0 saturated carbocycles. The zero-order chi connectivity index (χ0) is 20.9. The first kappa shape index (κ1) is 20.0. The molecular formula is C21H23FN6O2. The molecule has 0 radical (unpaired) electrons. The Kier molecular flexibility index (Phi) is 5.99. The lowest BCUT2D eigenvalue weighted by Gasteiger charge is -2.34. The molecule has 0 aliphatic carbocycles. The number of hydrogen-bond donors (Lipinski definition) is 0. The minimum Gasteiger partial charge on any atom is -0.484 e. The molecule has 8 nitrogen and oxygen atoms in total. The monoisotopic (exact) mass is 410 g/mol. The average Bonchev–Trinajstić information content (AvgIpc) is 3.22. The minimum atomic E-state index is -0.335. The molecule has 0 N–H and O–H groups in total. The van der Waals surface area contributed by atoms with Gasteiger partial charge in [-0.15, -0.1) is 5.10 Å². The predicted octanol–water partition coefficient (Wildman–Crippen LogP) is 1.83. The Hall–Kier alpha value is -3.33. The van der Waals surface area contributed by atoms with Crippen molar-refractivity contribution in [2.24, 2.45) is 0 Å². The van der Waals surface area contributed by atoms with E-state index < -0.39 is 0 Å².